The molecular formula is C23H29N5O2. The number of rotatable bonds is 3. The molecular weight excluding hydrogens is 378 g/mol. The highest BCUT2D eigenvalue weighted by molar-refractivity contribution is 5.95. The summed E-state index contributed by atoms with van der Waals surface area (Å²) in [6.07, 6.45) is 2.96. The summed E-state index contributed by atoms with van der Waals surface area (Å²) in [7, 11) is 2.11. The highest BCUT2D eigenvalue weighted by atomic mass is 16.5. The molecule has 1 amide bonds. The predicted molar refractivity (Wildman–Crippen MR) is 116 cm³/mol. The number of pyridine rings is 1. The summed E-state index contributed by atoms with van der Waals surface area (Å²) in [4.78, 5) is 22.0. The number of hydrogen-bond donors (Lipinski definition) is 1. The van der Waals surface area contributed by atoms with Crippen LogP contribution in [-0.2, 0) is 9.53 Å². The van der Waals surface area contributed by atoms with Crippen LogP contribution in [0.4, 0.5) is 5.69 Å². The molecule has 158 valence electrons. The van der Waals surface area contributed by atoms with Gasteiger partial charge in [-0.3, -0.25) is 9.78 Å². The van der Waals surface area contributed by atoms with Crippen molar-refractivity contribution in [3.05, 3.63) is 36.0 Å². The Bertz CT molecular complexity index is 977. The Morgan fingerprint density at radius 2 is 2.07 bits per heavy atom. The molecule has 0 bridgehead atoms. The number of amides is 1. The van der Waals surface area contributed by atoms with Crippen molar-refractivity contribution in [2.75, 3.05) is 38.1 Å². The van der Waals surface area contributed by atoms with Gasteiger partial charge in [0.15, 0.2) is 6.10 Å². The number of anilines is 1. The molecule has 0 radical (unpaired) electrons. The molecule has 1 aromatic carbocycles. The van der Waals surface area contributed by atoms with Gasteiger partial charge in [0.25, 0.3) is 5.91 Å². The number of carbonyl (C=O) groups excluding carboxylic acids is 1. The summed E-state index contributed by atoms with van der Waals surface area (Å²) in [6.45, 7) is 7.24. The lowest BCUT2D eigenvalue weighted by Gasteiger charge is -2.42. The van der Waals surface area contributed by atoms with Gasteiger partial charge in [-0.15, -0.1) is 0 Å². The van der Waals surface area contributed by atoms with Crippen molar-refractivity contribution in [3.8, 4) is 6.07 Å². The van der Waals surface area contributed by atoms with Gasteiger partial charge < -0.3 is 19.9 Å². The Morgan fingerprint density at radius 1 is 1.30 bits per heavy atom. The molecule has 30 heavy (non-hydrogen) atoms. The predicted octanol–water partition coefficient (Wildman–Crippen LogP) is 2.30. The molecule has 4 rings (SSSR count). The van der Waals surface area contributed by atoms with E-state index in [1.54, 1.807) is 12.3 Å². The maximum Gasteiger partial charge on any atom is 0.251 e. The third-order valence-electron chi connectivity index (χ3n) is 6.28. The van der Waals surface area contributed by atoms with Crippen LogP contribution < -0.4 is 10.2 Å². The molecule has 7 heteroatoms. The Kier molecular flexibility index (Phi) is 5.63. The van der Waals surface area contributed by atoms with E-state index in [2.05, 4.69) is 40.1 Å². The van der Waals surface area contributed by atoms with Gasteiger partial charge in [0.2, 0.25) is 0 Å². The van der Waals surface area contributed by atoms with Crippen LogP contribution in [0.2, 0.25) is 0 Å². The number of hydrogen-bond acceptors (Lipinski definition) is 6. The molecule has 1 N–H and O–H groups in total. The zero-order chi connectivity index (χ0) is 21.3. The lowest BCUT2D eigenvalue weighted by molar-refractivity contribution is -0.139. The summed E-state index contributed by atoms with van der Waals surface area (Å²) in [5, 5.41) is 13.6. The maximum absolute atomic E-state index is 13.1. The molecule has 0 unspecified atom stereocenters. The highest BCUT2D eigenvalue weighted by Crippen LogP contribution is 2.30. The minimum absolute atomic E-state index is 0.0466. The lowest BCUT2D eigenvalue weighted by atomic mass is 9.89. The van der Waals surface area contributed by atoms with Gasteiger partial charge in [-0.1, -0.05) is 0 Å². The van der Waals surface area contributed by atoms with E-state index in [-0.39, 0.29) is 17.6 Å². The number of carbonyl (C=O) groups is 1. The third-order valence-corrected chi connectivity index (χ3v) is 6.28. The molecule has 2 aromatic rings. The number of piperidine rings is 1. The summed E-state index contributed by atoms with van der Waals surface area (Å²) in [6, 6.07) is 9.83. The molecule has 3 heterocycles. The van der Waals surface area contributed by atoms with Gasteiger partial charge in [0.1, 0.15) is 6.07 Å². The molecule has 2 fully saturated rings. The van der Waals surface area contributed by atoms with Crippen molar-refractivity contribution in [1.82, 2.24) is 15.2 Å². The minimum atomic E-state index is -0.535. The second kappa shape index (κ2) is 8.21. The van der Waals surface area contributed by atoms with E-state index in [9.17, 15) is 10.1 Å². The van der Waals surface area contributed by atoms with Crippen LogP contribution in [-0.4, -0.2) is 66.8 Å². The first-order chi connectivity index (χ1) is 14.4. The smallest absolute Gasteiger partial charge is 0.251 e. The zero-order valence-electron chi connectivity index (χ0n) is 17.9. The Hall–Kier alpha value is -2.69. The lowest BCUT2D eigenvalue weighted by Crippen LogP contribution is -2.59. The molecule has 7 nitrogen and oxygen atoms in total. The topological polar surface area (TPSA) is 81.5 Å². The first-order valence-electron chi connectivity index (χ1n) is 10.6. The fraction of sp³-hybridized carbons (Fsp3) is 0.522. The first-order valence-corrected chi connectivity index (χ1v) is 10.6. The molecule has 2 atom stereocenters. The highest BCUT2D eigenvalue weighted by Gasteiger charge is 2.36. The van der Waals surface area contributed by atoms with Crippen LogP contribution in [0, 0.1) is 11.3 Å². The van der Waals surface area contributed by atoms with Gasteiger partial charge in [-0.2, -0.15) is 5.26 Å². The van der Waals surface area contributed by atoms with Crippen molar-refractivity contribution in [3.63, 3.8) is 0 Å². The normalized spacial score (nSPS) is 24.4. The van der Waals surface area contributed by atoms with E-state index in [0.29, 0.717) is 24.2 Å². The molecule has 2 aliphatic rings. The minimum Gasteiger partial charge on any atom is -0.365 e. The van der Waals surface area contributed by atoms with E-state index in [4.69, 9.17) is 4.74 Å². The fourth-order valence-corrected chi connectivity index (χ4v) is 4.43. The molecule has 0 saturated carbocycles. The van der Waals surface area contributed by atoms with Crippen LogP contribution in [0.1, 0.15) is 32.3 Å². The summed E-state index contributed by atoms with van der Waals surface area (Å²) in [5.74, 6) is -0.0466. The number of likely N-dealkylation sites (tertiary alicyclic amines) is 1. The van der Waals surface area contributed by atoms with Crippen molar-refractivity contribution in [2.45, 2.75) is 44.4 Å². The Morgan fingerprint density at radius 3 is 2.80 bits per heavy atom. The van der Waals surface area contributed by atoms with E-state index < -0.39 is 6.10 Å². The van der Waals surface area contributed by atoms with Gasteiger partial charge in [-0.25, -0.2) is 0 Å². The van der Waals surface area contributed by atoms with E-state index in [1.807, 2.05) is 25.1 Å². The summed E-state index contributed by atoms with van der Waals surface area (Å²) in [5.41, 5.74) is 2.04. The van der Waals surface area contributed by atoms with Crippen LogP contribution in [0.5, 0.6) is 0 Å². The molecule has 2 aliphatic heterocycles. The van der Waals surface area contributed by atoms with Crippen molar-refractivity contribution in [1.29, 1.82) is 5.26 Å². The van der Waals surface area contributed by atoms with Crippen molar-refractivity contribution >= 4 is 22.5 Å². The quantitative estimate of drug-likeness (QED) is 0.841. The number of aromatic nitrogens is 1. The number of nitrogens with zero attached hydrogens (tertiary/aromatic N) is 4. The van der Waals surface area contributed by atoms with Crippen LogP contribution >= 0.6 is 0 Å². The molecule has 1 aromatic heterocycles. The average molecular weight is 408 g/mol. The van der Waals surface area contributed by atoms with Gasteiger partial charge in [0.05, 0.1) is 23.7 Å². The molecule has 2 saturated heterocycles. The van der Waals surface area contributed by atoms with Crippen LogP contribution in [0.25, 0.3) is 10.9 Å². The summed E-state index contributed by atoms with van der Waals surface area (Å²) < 4.78 is 6.03. The second-order valence-electron chi connectivity index (χ2n) is 8.84. The Balaban J connectivity index is 1.55. The van der Waals surface area contributed by atoms with Gasteiger partial charge in [-0.05, 0) is 58.0 Å². The number of benzene rings is 1. The molecule has 0 aliphatic carbocycles. The number of nitriles is 1. The fourth-order valence-electron chi connectivity index (χ4n) is 4.43. The second-order valence-corrected chi connectivity index (χ2v) is 8.84. The largest absolute Gasteiger partial charge is 0.365 e. The van der Waals surface area contributed by atoms with E-state index in [1.165, 1.54) is 0 Å². The third kappa shape index (κ3) is 4.11. The Labute approximate surface area is 177 Å². The van der Waals surface area contributed by atoms with Crippen LogP contribution in [0.15, 0.2) is 30.5 Å². The standard InChI is InChI=1S/C23H29N5O2/c1-16-14-28(19-7-6-17(13-24)21-18(19)5-4-10-25-21)15-20(30-16)22(29)26-23(2)8-11-27(3)12-9-23/h4-7,10,16,20H,8-9,11-12,14-15H2,1-3H3,(H,26,29)/t16-,20-/m1/s1. The SMILES string of the molecule is C[C@@H]1CN(c2ccc(C#N)c3ncccc23)C[C@H](C(=O)NC2(C)CCN(C)CC2)O1. The monoisotopic (exact) mass is 407 g/mol. The number of fused-ring (bicyclic) bond motifs is 1. The van der Waals surface area contributed by atoms with Gasteiger partial charge >= 0.3 is 0 Å². The number of ether oxygens (including phenoxy) is 1. The first kappa shape index (κ1) is 20.6. The number of morpholine rings is 1. The van der Waals surface area contributed by atoms with Crippen molar-refractivity contribution < 1.29 is 9.53 Å². The van der Waals surface area contributed by atoms with E-state index >= 15 is 0 Å². The van der Waals surface area contributed by atoms with Gasteiger partial charge in [0, 0.05) is 42.4 Å². The average Bonchev–Trinajstić information content (AvgIpc) is 2.74. The summed E-state index contributed by atoms with van der Waals surface area (Å²) >= 11 is 0. The molecule has 0 spiro atoms. The maximum atomic E-state index is 13.1. The zero-order valence-corrected chi connectivity index (χ0v) is 17.9. The van der Waals surface area contributed by atoms with Crippen molar-refractivity contribution in [2.24, 2.45) is 0 Å². The number of nitrogens with one attached hydrogen (secondary N) is 1. The van der Waals surface area contributed by atoms with E-state index in [0.717, 1.165) is 37.0 Å². The van der Waals surface area contributed by atoms with Crippen LogP contribution in [0.3, 0.4) is 0 Å².